The lowest BCUT2D eigenvalue weighted by Crippen LogP contribution is -2.43. The van der Waals surface area contributed by atoms with Crippen LogP contribution in [0.25, 0.3) is 0 Å². The van der Waals surface area contributed by atoms with Gasteiger partial charge in [-0.2, -0.15) is 0 Å². The summed E-state index contributed by atoms with van der Waals surface area (Å²) in [6, 6.07) is 0. The van der Waals surface area contributed by atoms with Crippen LogP contribution in [0, 0.1) is 0 Å². The Bertz CT molecular complexity index is 328. The van der Waals surface area contributed by atoms with Crippen molar-refractivity contribution >= 4 is 0 Å². The summed E-state index contributed by atoms with van der Waals surface area (Å²) >= 11 is 0. The molecule has 0 saturated heterocycles. The molecule has 0 aromatic heterocycles. The molecular formula is C32H92N2O8. The highest BCUT2D eigenvalue weighted by atomic mass is 16.5. The molecule has 0 aromatic carbocycles. The first kappa shape index (κ1) is 83.8. The number of rotatable bonds is 23. The van der Waals surface area contributed by atoms with E-state index in [-0.39, 0.29) is 128 Å². The van der Waals surface area contributed by atoms with Gasteiger partial charge in [0.15, 0.2) is 0 Å². The van der Waals surface area contributed by atoms with Crippen LogP contribution >= 0.6 is 0 Å². The summed E-state index contributed by atoms with van der Waals surface area (Å²) in [4.78, 5) is 4.47. The van der Waals surface area contributed by atoms with Crippen molar-refractivity contribution in [3.8, 4) is 0 Å². The monoisotopic (exact) mass is 633 g/mol. The lowest BCUT2D eigenvalue weighted by atomic mass is 10.3. The maximum atomic E-state index is 8.95. The first-order valence-electron chi connectivity index (χ1n) is 10.8. The molecule has 0 saturated carbocycles. The van der Waals surface area contributed by atoms with Crippen LogP contribution in [0.5, 0.6) is 0 Å². The zero-order valence-corrected chi connectivity index (χ0v) is 18.8. The van der Waals surface area contributed by atoms with E-state index in [2.05, 4.69) is 9.80 Å². The van der Waals surface area contributed by atoms with E-state index in [0.717, 1.165) is 13.1 Å². The van der Waals surface area contributed by atoms with Crippen molar-refractivity contribution in [2.24, 2.45) is 0 Å². The van der Waals surface area contributed by atoms with Crippen molar-refractivity contribution in [2.75, 3.05) is 105 Å². The Morgan fingerprint density at radius 3 is 0.905 bits per heavy atom. The van der Waals surface area contributed by atoms with E-state index in [1.54, 1.807) is 0 Å². The third-order valence-electron chi connectivity index (χ3n) is 4.33. The molecule has 0 bridgehead atoms. The van der Waals surface area contributed by atoms with E-state index in [4.69, 9.17) is 39.4 Å². The first-order valence-corrected chi connectivity index (χ1v) is 10.8. The van der Waals surface area contributed by atoms with Crippen LogP contribution in [-0.4, -0.2) is 148 Å². The molecule has 0 fully saturated rings. The Balaban J connectivity index is -0.0000000637. The molecule has 10 heteroatoms. The molecule has 2 atom stereocenters. The Hall–Kier alpha value is -0.400. The summed E-state index contributed by atoms with van der Waals surface area (Å²) in [7, 11) is 0. The summed E-state index contributed by atoms with van der Waals surface area (Å²) in [6.45, 7) is 10.6. The third-order valence-corrected chi connectivity index (χ3v) is 4.33. The van der Waals surface area contributed by atoms with Gasteiger partial charge in [0.1, 0.15) is 0 Å². The van der Waals surface area contributed by atoms with Gasteiger partial charge >= 0.3 is 0 Å². The van der Waals surface area contributed by atoms with E-state index < -0.39 is 0 Å². The van der Waals surface area contributed by atoms with Crippen LogP contribution < -0.4 is 0 Å². The molecule has 0 spiro atoms. The molecule has 42 heavy (non-hydrogen) atoms. The van der Waals surface area contributed by atoms with Crippen LogP contribution in [-0.2, 0) is 18.9 Å². The van der Waals surface area contributed by atoms with Gasteiger partial charge in [-0.15, -0.1) is 0 Å². The topological polar surface area (TPSA) is 124 Å². The minimum absolute atomic E-state index is 0. The van der Waals surface area contributed by atoms with Gasteiger partial charge in [-0.25, -0.2) is 0 Å². The van der Waals surface area contributed by atoms with Crippen molar-refractivity contribution in [1.82, 2.24) is 9.80 Å². The van der Waals surface area contributed by atoms with E-state index in [0.29, 0.717) is 65.8 Å². The third kappa shape index (κ3) is 55.5. The minimum Gasteiger partial charge on any atom is -0.394 e. The zero-order valence-electron chi connectivity index (χ0n) is 18.8. The standard InChI is InChI=1S/C20H44N2O8.12CH4/c1-19(29-15-9-25)17-21(5-11-27-13-7-23)3-4-22(6-12-28-14-8-24)18-20(2)30-16-10-26;;;;;;;;;;;;/h19-20,23-26H,3-18H2,1-2H3;12*1H4. The van der Waals surface area contributed by atoms with Crippen molar-refractivity contribution in [3.05, 3.63) is 0 Å². The molecular weight excluding hydrogens is 540 g/mol. The zero-order chi connectivity index (χ0) is 22.5. The molecule has 0 rings (SSSR count). The number of ether oxygens (including phenoxy) is 4. The molecule has 2 unspecified atom stereocenters. The summed E-state index contributed by atoms with van der Waals surface area (Å²) in [5.41, 5.74) is 0. The number of hydrogen-bond donors (Lipinski definition) is 4. The van der Waals surface area contributed by atoms with Gasteiger partial charge in [0.2, 0.25) is 0 Å². The molecule has 4 N–H and O–H groups in total. The Labute approximate surface area is 269 Å². The molecule has 0 aliphatic carbocycles. The fraction of sp³-hybridized carbons (Fsp3) is 1.00. The summed E-state index contributed by atoms with van der Waals surface area (Å²) in [6.07, 6.45) is -0.0497. The predicted molar refractivity (Wildman–Crippen MR) is 194 cm³/mol. The Kier molecular flexibility index (Phi) is 127. The molecule has 278 valence electrons. The van der Waals surface area contributed by atoms with Gasteiger partial charge in [-0.1, -0.05) is 89.1 Å². The first-order chi connectivity index (χ1) is 14.6. The van der Waals surface area contributed by atoms with E-state index in [9.17, 15) is 0 Å². The SMILES string of the molecule is C.C.C.C.C.C.C.C.C.C.C.C.CC(CN(CCOCCO)CCN(CCOCCO)CC(C)OCCO)OCCO. The lowest BCUT2D eigenvalue weighted by molar-refractivity contribution is -0.00315. The number of nitrogens with zero attached hydrogens (tertiary/aromatic N) is 2. The fourth-order valence-electron chi connectivity index (χ4n) is 2.93. The molecule has 10 nitrogen and oxygen atoms in total. The quantitative estimate of drug-likeness (QED) is 0.0992. The maximum absolute atomic E-state index is 8.95. The fourth-order valence-corrected chi connectivity index (χ4v) is 2.93. The average molecular weight is 633 g/mol. The molecule has 0 aliphatic heterocycles. The van der Waals surface area contributed by atoms with Crippen molar-refractivity contribution < 1.29 is 39.4 Å². The second kappa shape index (κ2) is 63.8. The largest absolute Gasteiger partial charge is 0.394 e. The summed E-state index contributed by atoms with van der Waals surface area (Å²) in [5, 5.41) is 35.6. The normalized spacial score (nSPS) is 10.0. The van der Waals surface area contributed by atoms with Gasteiger partial charge in [-0.3, -0.25) is 9.80 Å². The second-order valence-corrected chi connectivity index (χ2v) is 7.08. The number of aliphatic hydroxyl groups excluding tert-OH is 4. The highest BCUT2D eigenvalue weighted by molar-refractivity contribution is 4.69. The lowest BCUT2D eigenvalue weighted by Gasteiger charge is -2.30. The van der Waals surface area contributed by atoms with Crippen LogP contribution in [0.15, 0.2) is 0 Å². The van der Waals surface area contributed by atoms with Crippen LogP contribution in [0.3, 0.4) is 0 Å². The van der Waals surface area contributed by atoms with Crippen LogP contribution in [0.2, 0.25) is 0 Å². The van der Waals surface area contributed by atoms with Crippen LogP contribution in [0.1, 0.15) is 103 Å². The highest BCUT2D eigenvalue weighted by Crippen LogP contribution is 2.02. The number of aliphatic hydroxyl groups is 4. The van der Waals surface area contributed by atoms with E-state index in [1.165, 1.54) is 0 Å². The molecule has 0 aliphatic rings. The van der Waals surface area contributed by atoms with Gasteiger partial charge in [0, 0.05) is 39.3 Å². The molecule has 0 heterocycles. The van der Waals surface area contributed by atoms with Crippen LogP contribution in [0.4, 0.5) is 0 Å². The summed E-state index contributed by atoms with van der Waals surface area (Å²) in [5.74, 6) is 0. The van der Waals surface area contributed by atoms with Gasteiger partial charge < -0.3 is 39.4 Å². The molecule has 0 aromatic rings. The smallest absolute Gasteiger partial charge is 0.0701 e. The van der Waals surface area contributed by atoms with Gasteiger partial charge in [0.05, 0.1) is 78.3 Å². The van der Waals surface area contributed by atoms with Gasteiger partial charge in [-0.05, 0) is 13.8 Å². The second-order valence-electron chi connectivity index (χ2n) is 7.08. The molecule has 0 amide bonds. The summed E-state index contributed by atoms with van der Waals surface area (Å²) < 4.78 is 22.0. The maximum Gasteiger partial charge on any atom is 0.0701 e. The van der Waals surface area contributed by atoms with E-state index >= 15 is 0 Å². The minimum atomic E-state index is -0.0249. The van der Waals surface area contributed by atoms with Gasteiger partial charge in [0.25, 0.3) is 0 Å². The molecule has 0 radical (unpaired) electrons. The van der Waals surface area contributed by atoms with Crippen molar-refractivity contribution in [2.45, 2.75) is 115 Å². The highest BCUT2D eigenvalue weighted by Gasteiger charge is 2.15. The van der Waals surface area contributed by atoms with E-state index in [1.807, 2.05) is 13.8 Å². The predicted octanol–water partition coefficient (Wildman–Crippen LogP) is 6.04. The Morgan fingerprint density at radius 1 is 0.405 bits per heavy atom. The average Bonchev–Trinajstić information content (AvgIpc) is 2.74. The Morgan fingerprint density at radius 2 is 0.667 bits per heavy atom. The van der Waals surface area contributed by atoms with Crippen molar-refractivity contribution in [3.63, 3.8) is 0 Å². The van der Waals surface area contributed by atoms with Crippen molar-refractivity contribution in [1.29, 1.82) is 0 Å². The number of hydrogen-bond acceptors (Lipinski definition) is 10.